The molecular weight excluding hydrogens is 166 g/mol. The van der Waals surface area contributed by atoms with Gasteiger partial charge in [-0.2, -0.15) is 0 Å². The fourth-order valence-electron chi connectivity index (χ4n) is 0.969. The molecule has 0 aliphatic rings. The second kappa shape index (κ2) is 4.54. The molecule has 1 aromatic rings. The number of unbranched alkanes of at least 4 members (excludes halogenated alkanes) is 1. The van der Waals surface area contributed by atoms with Crippen molar-refractivity contribution in [3.63, 3.8) is 0 Å². The molecule has 0 unspecified atom stereocenters. The molecule has 0 aliphatic carbocycles. The summed E-state index contributed by atoms with van der Waals surface area (Å²) in [4.78, 5) is 18.6. The van der Waals surface area contributed by atoms with Crippen LogP contribution in [0.25, 0.3) is 0 Å². The lowest BCUT2D eigenvalue weighted by atomic mass is 10.2. The molecule has 0 saturated carbocycles. The molecule has 0 atom stereocenters. The highest BCUT2D eigenvalue weighted by Gasteiger charge is 2.01. The lowest BCUT2D eigenvalue weighted by Crippen LogP contribution is -2.13. The first-order valence-electron chi connectivity index (χ1n) is 4.34. The third-order valence-corrected chi connectivity index (χ3v) is 1.74. The van der Waals surface area contributed by atoms with Crippen molar-refractivity contribution in [2.24, 2.45) is 5.73 Å². The van der Waals surface area contributed by atoms with Gasteiger partial charge in [0.05, 0.1) is 11.9 Å². The van der Waals surface area contributed by atoms with Crippen LogP contribution < -0.4 is 5.73 Å². The number of carbonyl (C=O) groups excluding carboxylic acids is 1. The average Bonchev–Trinajstić information content (AvgIpc) is 2.15. The summed E-state index contributed by atoms with van der Waals surface area (Å²) in [6.07, 6.45) is 6.15. The molecule has 1 heterocycles. The van der Waals surface area contributed by atoms with E-state index in [4.69, 9.17) is 5.73 Å². The third-order valence-electron chi connectivity index (χ3n) is 1.74. The summed E-state index contributed by atoms with van der Waals surface area (Å²) in [7, 11) is 0. The molecule has 0 fully saturated rings. The van der Waals surface area contributed by atoms with Crippen molar-refractivity contribution in [2.75, 3.05) is 0 Å². The smallest absolute Gasteiger partial charge is 0.268 e. The Morgan fingerprint density at radius 1 is 1.46 bits per heavy atom. The van der Waals surface area contributed by atoms with Crippen LogP contribution in [0.3, 0.4) is 0 Å². The fourth-order valence-corrected chi connectivity index (χ4v) is 0.969. The Kier molecular flexibility index (Phi) is 3.37. The van der Waals surface area contributed by atoms with Gasteiger partial charge in [0, 0.05) is 6.20 Å². The number of aryl methyl sites for hydroxylation is 1. The van der Waals surface area contributed by atoms with Crippen molar-refractivity contribution in [1.82, 2.24) is 9.97 Å². The topological polar surface area (TPSA) is 68.9 Å². The number of hydrogen-bond donors (Lipinski definition) is 1. The number of nitrogens with zero attached hydrogens (tertiary/aromatic N) is 2. The Morgan fingerprint density at radius 3 is 2.69 bits per heavy atom. The Bertz CT molecular complexity index is 281. The average molecular weight is 179 g/mol. The fraction of sp³-hybridized carbons (Fsp3) is 0.444. The Hall–Kier alpha value is -1.45. The SMILES string of the molecule is CCCCc1cnc(C(N)=O)cn1. The lowest BCUT2D eigenvalue weighted by molar-refractivity contribution is 0.0995. The zero-order valence-corrected chi connectivity index (χ0v) is 7.66. The van der Waals surface area contributed by atoms with Gasteiger partial charge in [0.2, 0.25) is 0 Å². The van der Waals surface area contributed by atoms with E-state index >= 15 is 0 Å². The minimum Gasteiger partial charge on any atom is -0.364 e. The predicted molar refractivity (Wildman–Crippen MR) is 49.2 cm³/mol. The van der Waals surface area contributed by atoms with Crippen LogP contribution in [0.4, 0.5) is 0 Å². The van der Waals surface area contributed by atoms with Crippen LogP contribution in [0, 0.1) is 0 Å². The molecule has 0 aliphatic heterocycles. The highest BCUT2D eigenvalue weighted by atomic mass is 16.1. The molecule has 0 bridgehead atoms. The minimum atomic E-state index is -0.533. The van der Waals surface area contributed by atoms with E-state index in [0.29, 0.717) is 0 Å². The van der Waals surface area contributed by atoms with Crippen LogP contribution in [0.2, 0.25) is 0 Å². The highest BCUT2D eigenvalue weighted by Crippen LogP contribution is 2.00. The Balaban J connectivity index is 2.64. The van der Waals surface area contributed by atoms with Gasteiger partial charge >= 0.3 is 0 Å². The monoisotopic (exact) mass is 179 g/mol. The molecule has 13 heavy (non-hydrogen) atoms. The maximum absolute atomic E-state index is 10.6. The summed E-state index contributed by atoms with van der Waals surface area (Å²) in [5, 5.41) is 0. The number of primary amides is 1. The van der Waals surface area contributed by atoms with Gasteiger partial charge in [0.15, 0.2) is 0 Å². The van der Waals surface area contributed by atoms with E-state index in [0.717, 1.165) is 25.0 Å². The lowest BCUT2D eigenvalue weighted by Gasteiger charge is -1.98. The summed E-state index contributed by atoms with van der Waals surface area (Å²) in [5.74, 6) is -0.533. The maximum Gasteiger partial charge on any atom is 0.268 e. The molecule has 0 radical (unpaired) electrons. The van der Waals surface area contributed by atoms with Crippen LogP contribution in [-0.2, 0) is 6.42 Å². The van der Waals surface area contributed by atoms with Crippen LogP contribution in [0.1, 0.15) is 35.9 Å². The molecule has 1 aromatic heterocycles. The number of aromatic nitrogens is 2. The van der Waals surface area contributed by atoms with Gasteiger partial charge in [-0.05, 0) is 12.8 Å². The van der Waals surface area contributed by atoms with Crippen LogP contribution in [-0.4, -0.2) is 15.9 Å². The second-order valence-corrected chi connectivity index (χ2v) is 2.86. The summed E-state index contributed by atoms with van der Waals surface area (Å²) in [5.41, 5.74) is 6.15. The quantitative estimate of drug-likeness (QED) is 0.747. The third kappa shape index (κ3) is 2.82. The molecule has 0 aromatic carbocycles. The maximum atomic E-state index is 10.6. The number of carbonyl (C=O) groups is 1. The summed E-state index contributed by atoms with van der Waals surface area (Å²) in [6.45, 7) is 2.12. The van der Waals surface area contributed by atoms with Crippen molar-refractivity contribution < 1.29 is 4.79 Å². The summed E-state index contributed by atoms with van der Waals surface area (Å²) >= 11 is 0. The molecule has 1 amide bonds. The van der Waals surface area contributed by atoms with Crippen LogP contribution >= 0.6 is 0 Å². The largest absolute Gasteiger partial charge is 0.364 e. The van der Waals surface area contributed by atoms with Gasteiger partial charge in [-0.15, -0.1) is 0 Å². The minimum absolute atomic E-state index is 0.222. The normalized spacial score (nSPS) is 9.92. The van der Waals surface area contributed by atoms with Crippen molar-refractivity contribution >= 4 is 5.91 Å². The van der Waals surface area contributed by atoms with Gasteiger partial charge in [0.1, 0.15) is 5.69 Å². The molecule has 4 nitrogen and oxygen atoms in total. The van der Waals surface area contributed by atoms with Crippen molar-refractivity contribution in [1.29, 1.82) is 0 Å². The van der Waals surface area contributed by atoms with Gasteiger partial charge in [-0.25, -0.2) is 4.98 Å². The zero-order chi connectivity index (χ0) is 9.68. The van der Waals surface area contributed by atoms with E-state index in [2.05, 4.69) is 16.9 Å². The molecule has 4 heteroatoms. The standard InChI is InChI=1S/C9H13N3O/c1-2-3-4-7-5-12-8(6-11-7)9(10)13/h5-6H,2-4H2,1H3,(H2,10,13). The predicted octanol–water partition coefficient (Wildman–Crippen LogP) is 0.918. The summed E-state index contributed by atoms with van der Waals surface area (Å²) < 4.78 is 0. The van der Waals surface area contributed by atoms with Gasteiger partial charge in [0.25, 0.3) is 5.91 Å². The Morgan fingerprint density at radius 2 is 2.23 bits per heavy atom. The first-order chi connectivity index (χ1) is 6.24. The van der Waals surface area contributed by atoms with Gasteiger partial charge in [-0.3, -0.25) is 9.78 Å². The zero-order valence-electron chi connectivity index (χ0n) is 7.66. The first kappa shape index (κ1) is 9.64. The highest BCUT2D eigenvalue weighted by molar-refractivity contribution is 5.90. The van der Waals surface area contributed by atoms with Gasteiger partial charge in [-0.1, -0.05) is 13.3 Å². The number of nitrogens with two attached hydrogens (primary N) is 1. The molecule has 2 N–H and O–H groups in total. The van der Waals surface area contributed by atoms with Crippen LogP contribution in [0.5, 0.6) is 0 Å². The van der Waals surface area contributed by atoms with Crippen molar-refractivity contribution in [3.05, 3.63) is 23.8 Å². The molecule has 70 valence electrons. The van der Waals surface area contributed by atoms with Crippen LogP contribution in [0.15, 0.2) is 12.4 Å². The number of amides is 1. The van der Waals surface area contributed by atoms with E-state index in [1.807, 2.05) is 0 Å². The molecular formula is C9H13N3O. The Labute approximate surface area is 77.2 Å². The second-order valence-electron chi connectivity index (χ2n) is 2.86. The van der Waals surface area contributed by atoms with E-state index in [9.17, 15) is 4.79 Å². The molecule has 0 saturated heterocycles. The summed E-state index contributed by atoms with van der Waals surface area (Å²) in [6, 6.07) is 0. The number of hydrogen-bond acceptors (Lipinski definition) is 3. The molecule has 1 rings (SSSR count). The van der Waals surface area contributed by atoms with Crippen molar-refractivity contribution in [2.45, 2.75) is 26.2 Å². The van der Waals surface area contributed by atoms with E-state index in [1.165, 1.54) is 6.20 Å². The molecule has 0 spiro atoms. The van der Waals surface area contributed by atoms with E-state index in [-0.39, 0.29) is 5.69 Å². The van der Waals surface area contributed by atoms with E-state index < -0.39 is 5.91 Å². The van der Waals surface area contributed by atoms with Gasteiger partial charge < -0.3 is 5.73 Å². The van der Waals surface area contributed by atoms with E-state index in [1.54, 1.807) is 6.20 Å². The first-order valence-corrected chi connectivity index (χ1v) is 4.34. The number of rotatable bonds is 4. The van der Waals surface area contributed by atoms with Crippen molar-refractivity contribution in [3.8, 4) is 0 Å².